The normalized spacial score (nSPS) is 15.5. The number of piperazine rings is 1. The fourth-order valence-electron chi connectivity index (χ4n) is 3.61. The topological polar surface area (TPSA) is 53.4 Å². The summed E-state index contributed by atoms with van der Waals surface area (Å²) in [6.45, 7) is 12.3. The van der Waals surface area contributed by atoms with Crippen LogP contribution in [0.5, 0.6) is 0 Å². The van der Waals surface area contributed by atoms with Crippen LogP contribution in [0.3, 0.4) is 0 Å². The lowest BCUT2D eigenvalue weighted by Gasteiger charge is -2.36. The Morgan fingerprint density at radius 1 is 1.12 bits per heavy atom. The van der Waals surface area contributed by atoms with E-state index in [9.17, 15) is 4.79 Å². The van der Waals surface area contributed by atoms with Gasteiger partial charge in [0.25, 0.3) is 0 Å². The molecule has 0 bridgehead atoms. The number of nitrogens with zero attached hydrogens (tertiary/aromatic N) is 4. The number of nitrogens with one attached hydrogen (secondary N) is 1. The van der Waals surface area contributed by atoms with E-state index in [0.29, 0.717) is 6.54 Å². The number of hydrogen-bond acceptors (Lipinski definition) is 4. The van der Waals surface area contributed by atoms with E-state index in [1.807, 2.05) is 36.7 Å². The first-order valence-electron chi connectivity index (χ1n) is 9.34. The van der Waals surface area contributed by atoms with Crippen molar-refractivity contribution in [3.63, 3.8) is 0 Å². The van der Waals surface area contributed by atoms with Crippen molar-refractivity contribution in [3.05, 3.63) is 41.7 Å². The van der Waals surface area contributed by atoms with Gasteiger partial charge >= 0.3 is 0 Å². The SMILES string of the molecule is Cc1nn(-c2ccccc2)c(C)c1N1CCN(CC(=O)NC(C)C)CC1. The molecule has 0 aliphatic carbocycles. The highest BCUT2D eigenvalue weighted by atomic mass is 16.2. The molecule has 1 saturated heterocycles. The number of anilines is 1. The van der Waals surface area contributed by atoms with Gasteiger partial charge in [0.05, 0.1) is 29.3 Å². The minimum atomic E-state index is 0.109. The van der Waals surface area contributed by atoms with E-state index in [2.05, 4.69) is 41.1 Å². The monoisotopic (exact) mass is 355 g/mol. The van der Waals surface area contributed by atoms with Crippen LogP contribution in [0.4, 0.5) is 5.69 Å². The van der Waals surface area contributed by atoms with E-state index in [-0.39, 0.29) is 11.9 Å². The highest BCUT2D eigenvalue weighted by Crippen LogP contribution is 2.27. The number of benzene rings is 1. The van der Waals surface area contributed by atoms with E-state index in [0.717, 1.165) is 37.6 Å². The molecule has 1 aliphatic heterocycles. The van der Waals surface area contributed by atoms with Crippen molar-refractivity contribution in [3.8, 4) is 5.69 Å². The van der Waals surface area contributed by atoms with Gasteiger partial charge in [0.1, 0.15) is 0 Å². The minimum Gasteiger partial charge on any atom is -0.366 e. The number of carbonyl (C=O) groups excluding carboxylic acids is 1. The summed E-state index contributed by atoms with van der Waals surface area (Å²) in [5.74, 6) is 0.109. The first kappa shape index (κ1) is 18.5. The van der Waals surface area contributed by atoms with Gasteiger partial charge in [-0.3, -0.25) is 9.69 Å². The smallest absolute Gasteiger partial charge is 0.234 e. The van der Waals surface area contributed by atoms with Crippen LogP contribution in [-0.4, -0.2) is 59.4 Å². The number of carbonyl (C=O) groups is 1. The van der Waals surface area contributed by atoms with Crippen LogP contribution in [-0.2, 0) is 4.79 Å². The molecule has 0 spiro atoms. The van der Waals surface area contributed by atoms with Crippen molar-refractivity contribution in [2.24, 2.45) is 0 Å². The van der Waals surface area contributed by atoms with E-state index >= 15 is 0 Å². The predicted octanol–water partition coefficient (Wildman–Crippen LogP) is 2.14. The molecule has 0 unspecified atom stereocenters. The number of aromatic nitrogens is 2. The number of aryl methyl sites for hydroxylation is 1. The summed E-state index contributed by atoms with van der Waals surface area (Å²) < 4.78 is 2.02. The van der Waals surface area contributed by atoms with Crippen LogP contribution in [0.1, 0.15) is 25.2 Å². The van der Waals surface area contributed by atoms with Crippen molar-refractivity contribution >= 4 is 11.6 Å². The van der Waals surface area contributed by atoms with E-state index < -0.39 is 0 Å². The Morgan fingerprint density at radius 3 is 2.38 bits per heavy atom. The molecule has 6 heteroatoms. The summed E-state index contributed by atoms with van der Waals surface area (Å²) in [4.78, 5) is 16.6. The van der Waals surface area contributed by atoms with Crippen LogP contribution in [0.25, 0.3) is 5.69 Å². The molecule has 1 aliphatic rings. The molecule has 26 heavy (non-hydrogen) atoms. The minimum absolute atomic E-state index is 0.109. The molecule has 0 saturated carbocycles. The van der Waals surface area contributed by atoms with Gasteiger partial charge in [-0.1, -0.05) is 18.2 Å². The Bertz CT molecular complexity index is 745. The zero-order valence-electron chi connectivity index (χ0n) is 16.2. The lowest BCUT2D eigenvalue weighted by atomic mass is 10.2. The summed E-state index contributed by atoms with van der Waals surface area (Å²) in [5.41, 5.74) is 4.53. The number of para-hydroxylation sites is 1. The van der Waals surface area contributed by atoms with Gasteiger partial charge in [0.15, 0.2) is 0 Å². The van der Waals surface area contributed by atoms with E-state index in [4.69, 9.17) is 5.10 Å². The molecule has 2 aromatic rings. The maximum absolute atomic E-state index is 12.0. The number of amides is 1. The van der Waals surface area contributed by atoms with Crippen LogP contribution in [0.15, 0.2) is 30.3 Å². The third kappa shape index (κ3) is 4.07. The standard InChI is InChI=1S/C20H29N5O/c1-15(2)21-19(26)14-23-10-12-24(13-11-23)20-16(3)22-25(17(20)4)18-8-6-5-7-9-18/h5-9,15H,10-14H2,1-4H3,(H,21,26). The molecule has 1 aromatic heterocycles. The molecule has 1 amide bonds. The van der Waals surface area contributed by atoms with Crippen LogP contribution >= 0.6 is 0 Å². The molecule has 2 heterocycles. The maximum Gasteiger partial charge on any atom is 0.234 e. The second-order valence-electron chi connectivity index (χ2n) is 7.25. The molecule has 1 fully saturated rings. The average Bonchev–Trinajstić information content (AvgIpc) is 2.90. The van der Waals surface area contributed by atoms with Crippen molar-refractivity contribution < 1.29 is 4.79 Å². The van der Waals surface area contributed by atoms with Crippen LogP contribution in [0, 0.1) is 13.8 Å². The van der Waals surface area contributed by atoms with Gasteiger partial charge in [-0.15, -0.1) is 0 Å². The molecule has 3 rings (SSSR count). The summed E-state index contributed by atoms with van der Waals surface area (Å²) in [5, 5.41) is 7.72. The second kappa shape index (κ2) is 7.91. The van der Waals surface area contributed by atoms with Crippen LogP contribution in [0.2, 0.25) is 0 Å². The first-order valence-corrected chi connectivity index (χ1v) is 9.34. The zero-order chi connectivity index (χ0) is 18.7. The largest absolute Gasteiger partial charge is 0.366 e. The lowest BCUT2D eigenvalue weighted by molar-refractivity contribution is -0.122. The number of rotatable bonds is 5. The third-order valence-corrected chi connectivity index (χ3v) is 4.76. The molecule has 140 valence electrons. The van der Waals surface area contributed by atoms with Gasteiger partial charge < -0.3 is 10.2 Å². The molecular formula is C20H29N5O. The third-order valence-electron chi connectivity index (χ3n) is 4.76. The molecular weight excluding hydrogens is 326 g/mol. The Kier molecular flexibility index (Phi) is 5.61. The highest BCUT2D eigenvalue weighted by molar-refractivity contribution is 5.78. The van der Waals surface area contributed by atoms with Crippen molar-refractivity contribution in [2.75, 3.05) is 37.6 Å². The van der Waals surface area contributed by atoms with E-state index in [1.54, 1.807) is 0 Å². The fraction of sp³-hybridized carbons (Fsp3) is 0.500. The fourth-order valence-corrected chi connectivity index (χ4v) is 3.61. The van der Waals surface area contributed by atoms with Crippen LogP contribution < -0.4 is 10.2 Å². The summed E-state index contributed by atoms with van der Waals surface area (Å²) in [6.07, 6.45) is 0. The molecule has 0 atom stereocenters. The Balaban J connectivity index is 1.67. The van der Waals surface area contributed by atoms with Gasteiger partial charge in [-0.05, 0) is 39.8 Å². The Morgan fingerprint density at radius 2 is 1.77 bits per heavy atom. The molecule has 0 radical (unpaired) electrons. The zero-order valence-corrected chi connectivity index (χ0v) is 16.2. The highest BCUT2D eigenvalue weighted by Gasteiger charge is 2.24. The summed E-state index contributed by atoms with van der Waals surface area (Å²) in [6, 6.07) is 10.4. The Hall–Kier alpha value is -2.34. The quantitative estimate of drug-likeness (QED) is 0.893. The molecule has 1 N–H and O–H groups in total. The van der Waals surface area contributed by atoms with Crippen molar-refractivity contribution in [1.82, 2.24) is 20.0 Å². The Labute approximate surface area is 155 Å². The summed E-state index contributed by atoms with van der Waals surface area (Å²) in [7, 11) is 0. The van der Waals surface area contributed by atoms with Gasteiger partial charge in [-0.2, -0.15) is 5.10 Å². The lowest BCUT2D eigenvalue weighted by Crippen LogP contribution is -2.50. The van der Waals surface area contributed by atoms with Gasteiger partial charge in [0.2, 0.25) is 5.91 Å². The number of hydrogen-bond donors (Lipinski definition) is 1. The van der Waals surface area contributed by atoms with Gasteiger partial charge in [0, 0.05) is 32.2 Å². The maximum atomic E-state index is 12.0. The van der Waals surface area contributed by atoms with Crippen molar-refractivity contribution in [2.45, 2.75) is 33.7 Å². The second-order valence-corrected chi connectivity index (χ2v) is 7.25. The first-order chi connectivity index (χ1) is 12.5. The molecule has 6 nitrogen and oxygen atoms in total. The van der Waals surface area contributed by atoms with Crippen molar-refractivity contribution in [1.29, 1.82) is 0 Å². The average molecular weight is 355 g/mol. The van der Waals surface area contributed by atoms with Gasteiger partial charge in [-0.25, -0.2) is 4.68 Å². The van der Waals surface area contributed by atoms with E-state index in [1.165, 1.54) is 11.4 Å². The molecule has 1 aromatic carbocycles. The predicted molar refractivity (Wildman–Crippen MR) is 105 cm³/mol. The summed E-state index contributed by atoms with van der Waals surface area (Å²) >= 11 is 0.